The van der Waals surface area contributed by atoms with E-state index in [-0.39, 0.29) is 18.0 Å². The van der Waals surface area contributed by atoms with Gasteiger partial charge in [-0.25, -0.2) is 0 Å². The number of ketones is 1. The van der Waals surface area contributed by atoms with Crippen molar-refractivity contribution in [2.75, 3.05) is 6.61 Å². The molecule has 0 radical (unpaired) electrons. The predicted molar refractivity (Wildman–Crippen MR) is 63.3 cm³/mol. The average molecular weight is 226 g/mol. The molecule has 1 saturated heterocycles. The summed E-state index contributed by atoms with van der Waals surface area (Å²) in [6.45, 7) is 4.34. The largest absolute Gasteiger partial charge is 0.390 e. The first-order valence-corrected chi connectivity index (χ1v) is 6.16. The van der Waals surface area contributed by atoms with Crippen LogP contribution in [-0.4, -0.2) is 29.7 Å². The summed E-state index contributed by atoms with van der Waals surface area (Å²) in [6.07, 6.45) is 6.64. The van der Waals surface area contributed by atoms with Gasteiger partial charge in [-0.2, -0.15) is 0 Å². The molecule has 0 bridgehead atoms. The number of unbranched alkanes of at least 4 members (excludes halogenated alkanes) is 1. The molecule has 0 aromatic carbocycles. The Kier molecular flexibility index (Phi) is 6.34. The Morgan fingerprint density at radius 1 is 1.50 bits per heavy atom. The van der Waals surface area contributed by atoms with Crippen LogP contribution in [0.1, 0.15) is 44.9 Å². The van der Waals surface area contributed by atoms with E-state index in [0.717, 1.165) is 25.7 Å². The van der Waals surface area contributed by atoms with E-state index in [1.165, 1.54) is 0 Å². The van der Waals surface area contributed by atoms with Crippen LogP contribution in [0.2, 0.25) is 0 Å². The molecule has 0 saturated carbocycles. The zero-order chi connectivity index (χ0) is 11.8. The SMILES string of the molecule is C=CCCCC(=O)CCC1OCCCC1O. The van der Waals surface area contributed by atoms with Crippen LogP contribution in [0.5, 0.6) is 0 Å². The molecule has 1 fully saturated rings. The minimum atomic E-state index is -0.380. The topological polar surface area (TPSA) is 46.5 Å². The number of carbonyl (C=O) groups excluding carboxylic acids is 1. The molecular weight excluding hydrogens is 204 g/mol. The Balaban J connectivity index is 2.12. The van der Waals surface area contributed by atoms with Gasteiger partial charge in [-0.15, -0.1) is 6.58 Å². The molecule has 2 atom stereocenters. The molecule has 3 heteroatoms. The van der Waals surface area contributed by atoms with Crippen molar-refractivity contribution in [2.45, 2.75) is 57.2 Å². The van der Waals surface area contributed by atoms with E-state index in [0.29, 0.717) is 25.9 Å². The van der Waals surface area contributed by atoms with Crippen LogP contribution >= 0.6 is 0 Å². The molecule has 0 amide bonds. The van der Waals surface area contributed by atoms with E-state index < -0.39 is 0 Å². The average Bonchev–Trinajstić information content (AvgIpc) is 2.28. The van der Waals surface area contributed by atoms with E-state index in [1.54, 1.807) is 0 Å². The van der Waals surface area contributed by atoms with Crippen LogP contribution in [0.3, 0.4) is 0 Å². The van der Waals surface area contributed by atoms with E-state index in [4.69, 9.17) is 4.74 Å². The number of carbonyl (C=O) groups is 1. The lowest BCUT2D eigenvalue weighted by molar-refractivity contribution is -0.121. The fourth-order valence-electron chi connectivity index (χ4n) is 1.97. The maximum absolute atomic E-state index is 11.5. The van der Waals surface area contributed by atoms with Crippen LogP contribution in [0.25, 0.3) is 0 Å². The summed E-state index contributed by atoms with van der Waals surface area (Å²) in [5, 5.41) is 9.65. The van der Waals surface area contributed by atoms with Gasteiger partial charge in [0.15, 0.2) is 0 Å². The van der Waals surface area contributed by atoms with Crippen LogP contribution in [0.15, 0.2) is 12.7 Å². The van der Waals surface area contributed by atoms with Gasteiger partial charge in [0, 0.05) is 19.4 Å². The molecule has 1 N–H and O–H groups in total. The van der Waals surface area contributed by atoms with Gasteiger partial charge in [0.2, 0.25) is 0 Å². The Hall–Kier alpha value is -0.670. The van der Waals surface area contributed by atoms with E-state index >= 15 is 0 Å². The highest BCUT2D eigenvalue weighted by atomic mass is 16.5. The monoisotopic (exact) mass is 226 g/mol. The second-order valence-corrected chi connectivity index (χ2v) is 4.38. The van der Waals surface area contributed by atoms with E-state index in [2.05, 4.69) is 6.58 Å². The summed E-state index contributed by atoms with van der Waals surface area (Å²) in [4.78, 5) is 11.5. The molecule has 2 unspecified atom stereocenters. The van der Waals surface area contributed by atoms with Gasteiger partial charge in [0.25, 0.3) is 0 Å². The number of aliphatic hydroxyl groups is 1. The maximum atomic E-state index is 11.5. The van der Waals surface area contributed by atoms with Gasteiger partial charge >= 0.3 is 0 Å². The summed E-state index contributed by atoms with van der Waals surface area (Å²) in [5.41, 5.74) is 0. The minimum absolute atomic E-state index is 0.128. The maximum Gasteiger partial charge on any atom is 0.133 e. The lowest BCUT2D eigenvalue weighted by Crippen LogP contribution is -2.34. The number of aliphatic hydroxyl groups excluding tert-OH is 1. The van der Waals surface area contributed by atoms with Crippen molar-refractivity contribution in [1.82, 2.24) is 0 Å². The molecule has 1 aliphatic rings. The third-order valence-corrected chi connectivity index (χ3v) is 2.98. The Labute approximate surface area is 97.5 Å². The highest BCUT2D eigenvalue weighted by Gasteiger charge is 2.23. The molecule has 1 aliphatic heterocycles. The molecular formula is C13H22O3. The van der Waals surface area contributed by atoms with Gasteiger partial charge in [-0.3, -0.25) is 4.79 Å². The summed E-state index contributed by atoms with van der Waals surface area (Å²) in [6, 6.07) is 0. The summed E-state index contributed by atoms with van der Waals surface area (Å²) in [5.74, 6) is 0.267. The number of hydrogen-bond donors (Lipinski definition) is 1. The lowest BCUT2D eigenvalue weighted by Gasteiger charge is -2.27. The van der Waals surface area contributed by atoms with Crippen molar-refractivity contribution in [3.63, 3.8) is 0 Å². The van der Waals surface area contributed by atoms with Crippen LogP contribution < -0.4 is 0 Å². The van der Waals surface area contributed by atoms with Gasteiger partial charge < -0.3 is 9.84 Å². The second kappa shape index (κ2) is 7.58. The normalized spacial score (nSPS) is 25.3. The standard InChI is InChI=1S/C13H22O3/c1-2-3-4-6-11(14)8-9-13-12(15)7-5-10-16-13/h2,12-13,15H,1,3-10H2. The van der Waals surface area contributed by atoms with Crippen LogP contribution in [-0.2, 0) is 9.53 Å². The van der Waals surface area contributed by atoms with Gasteiger partial charge in [0.1, 0.15) is 5.78 Å². The fraction of sp³-hybridized carbons (Fsp3) is 0.769. The third-order valence-electron chi connectivity index (χ3n) is 2.98. The number of ether oxygens (including phenoxy) is 1. The van der Waals surface area contributed by atoms with Crippen molar-refractivity contribution in [1.29, 1.82) is 0 Å². The molecule has 0 spiro atoms. The molecule has 1 rings (SSSR count). The first-order chi connectivity index (χ1) is 7.74. The highest BCUT2D eigenvalue weighted by molar-refractivity contribution is 5.78. The molecule has 0 aromatic rings. The van der Waals surface area contributed by atoms with Crippen molar-refractivity contribution in [3.05, 3.63) is 12.7 Å². The smallest absolute Gasteiger partial charge is 0.133 e. The quantitative estimate of drug-likeness (QED) is 0.535. The molecule has 16 heavy (non-hydrogen) atoms. The number of rotatable bonds is 7. The van der Waals surface area contributed by atoms with Crippen LogP contribution in [0, 0.1) is 0 Å². The Morgan fingerprint density at radius 2 is 2.31 bits per heavy atom. The first-order valence-electron chi connectivity index (χ1n) is 6.16. The molecule has 92 valence electrons. The van der Waals surface area contributed by atoms with E-state index in [9.17, 15) is 9.90 Å². The minimum Gasteiger partial charge on any atom is -0.390 e. The second-order valence-electron chi connectivity index (χ2n) is 4.38. The molecule has 3 nitrogen and oxygen atoms in total. The van der Waals surface area contributed by atoms with Gasteiger partial charge in [-0.1, -0.05) is 6.08 Å². The van der Waals surface area contributed by atoms with Crippen LogP contribution in [0.4, 0.5) is 0 Å². The Bertz CT molecular complexity index is 225. The van der Waals surface area contributed by atoms with Crippen molar-refractivity contribution in [3.8, 4) is 0 Å². The summed E-state index contributed by atoms with van der Waals surface area (Å²) < 4.78 is 5.45. The number of hydrogen-bond acceptors (Lipinski definition) is 3. The summed E-state index contributed by atoms with van der Waals surface area (Å²) in [7, 11) is 0. The van der Waals surface area contributed by atoms with E-state index in [1.807, 2.05) is 6.08 Å². The van der Waals surface area contributed by atoms with Crippen molar-refractivity contribution in [2.24, 2.45) is 0 Å². The first kappa shape index (κ1) is 13.4. The van der Waals surface area contributed by atoms with Crippen molar-refractivity contribution >= 4 is 5.78 Å². The van der Waals surface area contributed by atoms with Gasteiger partial charge in [0.05, 0.1) is 12.2 Å². The number of Topliss-reactive ketones (excluding diaryl/α,β-unsaturated/α-hetero) is 1. The predicted octanol–water partition coefficient (Wildman–Crippen LogP) is 2.23. The fourth-order valence-corrected chi connectivity index (χ4v) is 1.97. The number of allylic oxidation sites excluding steroid dienone is 1. The zero-order valence-corrected chi connectivity index (χ0v) is 9.86. The van der Waals surface area contributed by atoms with Gasteiger partial charge in [-0.05, 0) is 32.1 Å². The Morgan fingerprint density at radius 3 is 3.00 bits per heavy atom. The summed E-state index contributed by atoms with van der Waals surface area (Å²) >= 11 is 0. The zero-order valence-electron chi connectivity index (χ0n) is 9.86. The molecule has 1 heterocycles. The van der Waals surface area contributed by atoms with Crippen molar-refractivity contribution < 1.29 is 14.6 Å². The third kappa shape index (κ3) is 4.90. The lowest BCUT2D eigenvalue weighted by atomic mass is 9.99. The molecule has 0 aliphatic carbocycles. The highest BCUT2D eigenvalue weighted by Crippen LogP contribution is 2.18. The molecule has 0 aromatic heterocycles.